The summed E-state index contributed by atoms with van der Waals surface area (Å²) in [5.41, 5.74) is 1.64. The van der Waals surface area contributed by atoms with Crippen LogP contribution in [0, 0.1) is 0 Å². The molecule has 2 aliphatic heterocycles. The predicted molar refractivity (Wildman–Crippen MR) is 56.8 cm³/mol. The first kappa shape index (κ1) is 13.0. The molecule has 0 atom stereocenters. The van der Waals surface area contributed by atoms with Gasteiger partial charge in [0.05, 0.1) is 6.42 Å². The van der Waals surface area contributed by atoms with Gasteiger partial charge in [0.15, 0.2) is 18.8 Å². The van der Waals surface area contributed by atoms with E-state index in [9.17, 15) is 0 Å². The fraction of sp³-hybridized carbons (Fsp3) is 0.727. The van der Waals surface area contributed by atoms with Gasteiger partial charge in [-0.25, -0.2) is 4.58 Å². The molecule has 0 saturated carbocycles. The van der Waals surface area contributed by atoms with E-state index in [1.807, 2.05) is 0 Å². The van der Waals surface area contributed by atoms with Gasteiger partial charge in [0, 0.05) is 17.8 Å². The summed E-state index contributed by atoms with van der Waals surface area (Å²) in [6.07, 6.45) is 5.36. The molecule has 0 spiro atoms. The third-order valence-corrected chi connectivity index (χ3v) is 2.79. The van der Waals surface area contributed by atoms with E-state index in [0.717, 1.165) is 32.7 Å². The monoisotopic (exact) mass is 322 g/mol. The molecule has 0 bridgehead atoms. The Morgan fingerprint density at radius 2 is 2.00 bits per heavy atom. The Hall–Kier alpha value is -0.100. The van der Waals surface area contributed by atoms with Crippen molar-refractivity contribution in [2.45, 2.75) is 25.8 Å². The van der Waals surface area contributed by atoms with Gasteiger partial charge in [0.25, 0.3) is 0 Å². The zero-order chi connectivity index (χ0) is 10.0. The maximum absolute atomic E-state index is 5.35. The van der Waals surface area contributed by atoms with Crippen LogP contribution in [0.5, 0.6) is 0 Å². The molecular weight excluding hydrogens is 303 g/mol. The number of morpholine rings is 1. The van der Waals surface area contributed by atoms with Gasteiger partial charge in [-0.2, -0.15) is 0 Å². The summed E-state index contributed by atoms with van der Waals surface area (Å²) in [7, 11) is 0. The van der Waals surface area contributed by atoms with Crippen LogP contribution in [0.3, 0.4) is 0 Å². The third kappa shape index (κ3) is 3.45. The zero-order valence-corrected chi connectivity index (χ0v) is 11.6. The molecule has 0 unspecified atom stereocenters. The number of rotatable bonds is 0. The van der Waals surface area contributed by atoms with E-state index >= 15 is 0 Å². The van der Waals surface area contributed by atoms with Crippen molar-refractivity contribution in [3.05, 3.63) is 12.3 Å². The Morgan fingerprint density at radius 1 is 1.33 bits per heavy atom. The van der Waals surface area contributed by atoms with Crippen molar-refractivity contribution in [1.29, 1.82) is 0 Å². The van der Waals surface area contributed by atoms with Crippen molar-refractivity contribution in [3.8, 4) is 0 Å². The van der Waals surface area contributed by atoms with Crippen LogP contribution in [0.2, 0.25) is 0 Å². The second-order valence-corrected chi connectivity index (χ2v) is 4.63. The van der Waals surface area contributed by atoms with Crippen molar-refractivity contribution < 1.29 is 33.3 Å². The lowest BCUT2D eigenvalue weighted by Crippen LogP contribution is -3.00. The standard InChI is InChI=1S/C11H18N2O.HI/c1-11(2)9-10(3-4-12-11)13-5-7-14-8-6-13;/h3-4H,5-9H2,1-2H3;1H. The van der Waals surface area contributed by atoms with E-state index in [-0.39, 0.29) is 29.5 Å². The molecule has 0 aromatic rings. The SMILES string of the molecule is CC1(C)CC(=[N+]2CCOCC2)C=CN1.[I-]. The number of ether oxygens (including phenoxy) is 1. The number of allylic oxidation sites excluding steroid dienone is 1. The third-order valence-electron chi connectivity index (χ3n) is 2.79. The summed E-state index contributed by atoms with van der Waals surface area (Å²) < 4.78 is 7.78. The molecule has 1 saturated heterocycles. The van der Waals surface area contributed by atoms with Crippen LogP contribution in [0.4, 0.5) is 0 Å². The Kier molecular flexibility index (Phi) is 4.58. The largest absolute Gasteiger partial charge is 1.00 e. The maximum atomic E-state index is 5.35. The summed E-state index contributed by atoms with van der Waals surface area (Å²) in [5.74, 6) is 0. The van der Waals surface area contributed by atoms with Crippen molar-refractivity contribution in [1.82, 2.24) is 5.32 Å². The number of hydrogen-bond acceptors (Lipinski definition) is 2. The van der Waals surface area contributed by atoms with Crippen molar-refractivity contribution >= 4 is 5.71 Å². The van der Waals surface area contributed by atoms with Crippen LogP contribution in [-0.2, 0) is 4.74 Å². The van der Waals surface area contributed by atoms with Crippen LogP contribution >= 0.6 is 0 Å². The highest BCUT2D eigenvalue weighted by Gasteiger charge is 2.27. The van der Waals surface area contributed by atoms with Crippen LogP contribution in [0.25, 0.3) is 0 Å². The van der Waals surface area contributed by atoms with Gasteiger partial charge in [0.1, 0.15) is 13.2 Å². The average Bonchev–Trinajstić information content (AvgIpc) is 2.18. The van der Waals surface area contributed by atoms with Gasteiger partial charge in [-0.3, -0.25) is 0 Å². The highest BCUT2D eigenvalue weighted by atomic mass is 127. The predicted octanol–water partition coefficient (Wildman–Crippen LogP) is -2.24. The minimum Gasteiger partial charge on any atom is -1.00 e. The molecule has 0 amide bonds. The lowest BCUT2D eigenvalue weighted by molar-refractivity contribution is -0.549. The number of nitrogens with one attached hydrogen (secondary N) is 1. The van der Waals surface area contributed by atoms with Crippen LogP contribution in [-0.4, -0.2) is 42.1 Å². The maximum Gasteiger partial charge on any atom is 0.179 e. The van der Waals surface area contributed by atoms with Crippen molar-refractivity contribution in [3.63, 3.8) is 0 Å². The molecule has 3 nitrogen and oxygen atoms in total. The fourth-order valence-electron chi connectivity index (χ4n) is 1.99. The Labute approximate surface area is 109 Å². The quantitative estimate of drug-likeness (QED) is 0.403. The first-order chi connectivity index (χ1) is 6.67. The molecule has 2 heterocycles. The molecule has 0 aromatic heterocycles. The van der Waals surface area contributed by atoms with E-state index in [2.05, 4.69) is 36.0 Å². The normalized spacial score (nSPS) is 24.4. The minimum atomic E-state index is 0. The Morgan fingerprint density at radius 3 is 2.60 bits per heavy atom. The van der Waals surface area contributed by atoms with Crippen molar-refractivity contribution in [2.75, 3.05) is 26.3 Å². The highest BCUT2D eigenvalue weighted by molar-refractivity contribution is 5.92. The van der Waals surface area contributed by atoms with Crippen LogP contribution in [0.1, 0.15) is 20.3 Å². The molecule has 15 heavy (non-hydrogen) atoms. The van der Waals surface area contributed by atoms with Gasteiger partial charge in [-0.1, -0.05) is 0 Å². The molecule has 0 radical (unpaired) electrons. The molecule has 2 rings (SSSR count). The van der Waals surface area contributed by atoms with Crippen molar-refractivity contribution in [2.24, 2.45) is 0 Å². The molecule has 86 valence electrons. The lowest BCUT2D eigenvalue weighted by Gasteiger charge is -2.28. The van der Waals surface area contributed by atoms with Crippen LogP contribution < -0.4 is 29.3 Å². The molecule has 2 aliphatic rings. The summed E-state index contributed by atoms with van der Waals surface area (Å²) >= 11 is 0. The molecule has 4 heteroatoms. The fourth-order valence-corrected chi connectivity index (χ4v) is 1.99. The Bertz CT molecular complexity index is 276. The van der Waals surface area contributed by atoms with Gasteiger partial charge in [-0.15, -0.1) is 0 Å². The van der Waals surface area contributed by atoms with E-state index in [1.54, 1.807) is 0 Å². The smallest absolute Gasteiger partial charge is 0.179 e. The lowest BCUT2D eigenvalue weighted by atomic mass is 9.94. The summed E-state index contributed by atoms with van der Waals surface area (Å²) in [4.78, 5) is 0. The molecule has 1 fully saturated rings. The van der Waals surface area contributed by atoms with Gasteiger partial charge < -0.3 is 34.0 Å². The van der Waals surface area contributed by atoms with E-state index in [0.29, 0.717) is 0 Å². The minimum absolute atomic E-state index is 0. The topological polar surface area (TPSA) is 24.3 Å². The van der Waals surface area contributed by atoms with Gasteiger partial charge in [-0.05, 0) is 13.8 Å². The Balaban J connectivity index is 0.00000112. The highest BCUT2D eigenvalue weighted by Crippen LogP contribution is 2.14. The first-order valence-electron chi connectivity index (χ1n) is 5.30. The number of halogens is 1. The van der Waals surface area contributed by atoms with Gasteiger partial charge in [0.2, 0.25) is 0 Å². The van der Waals surface area contributed by atoms with E-state index in [4.69, 9.17) is 4.74 Å². The second-order valence-electron chi connectivity index (χ2n) is 4.63. The molecule has 0 aromatic carbocycles. The summed E-state index contributed by atoms with van der Waals surface area (Å²) in [6, 6.07) is 0. The summed E-state index contributed by atoms with van der Waals surface area (Å²) in [6.45, 7) is 8.27. The summed E-state index contributed by atoms with van der Waals surface area (Å²) in [5, 5.41) is 3.37. The average molecular weight is 322 g/mol. The molecule has 0 aliphatic carbocycles. The van der Waals surface area contributed by atoms with Crippen LogP contribution in [0.15, 0.2) is 12.3 Å². The number of hydrogen-bond donors (Lipinski definition) is 1. The first-order valence-corrected chi connectivity index (χ1v) is 5.30. The molecular formula is C11H19IN2O. The molecule has 1 N–H and O–H groups in total. The van der Waals surface area contributed by atoms with Gasteiger partial charge >= 0.3 is 0 Å². The second kappa shape index (κ2) is 5.30. The number of nitrogens with zero attached hydrogens (tertiary/aromatic N) is 1. The van der Waals surface area contributed by atoms with E-state index in [1.165, 1.54) is 5.71 Å². The zero-order valence-electron chi connectivity index (χ0n) is 9.42. The van der Waals surface area contributed by atoms with E-state index < -0.39 is 0 Å².